The van der Waals surface area contributed by atoms with Crippen LogP contribution < -0.4 is 5.32 Å². The molecule has 1 heterocycles. The highest BCUT2D eigenvalue weighted by Gasteiger charge is 2.27. The van der Waals surface area contributed by atoms with Crippen LogP contribution in [0.2, 0.25) is 5.02 Å². The number of benzene rings is 1. The molecule has 1 atom stereocenters. The first kappa shape index (κ1) is 19.5. The van der Waals surface area contributed by atoms with Crippen molar-refractivity contribution < 1.29 is 0 Å². The van der Waals surface area contributed by atoms with Crippen LogP contribution in [0.25, 0.3) is 0 Å². The van der Waals surface area contributed by atoms with Crippen LogP contribution in [-0.4, -0.2) is 13.1 Å². The SMILES string of the molecule is C=C(CC)CC(c1ccc(Cl)cc1CCCCC)C1CCNCC1. The summed E-state index contributed by atoms with van der Waals surface area (Å²) in [5.41, 5.74) is 4.40. The molecule has 1 aliphatic rings. The highest BCUT2D eigenvalue weighted by atomic mass is 35.5. The number of unbranched alkanes of at least 4 members (excludes halogenated alkanes) is 2. The topological polar surface area (TPSA) is 12.0 Å². The highest BCUT2D eigenvalue weighted by molar-refractivity contribution is 6.30. The quantitative estimate of drug-likeness (QED) is 0.396. The fourth-order valence-electron chi connectivity index (χ4n) is 3.95. The van der Waals surface area contributed by atoms with Gasteiger partial charge in [-0.1, -0.05) is 56.5 Å². The highest BCUT2D eigenvalue weighted by Crippen LogP contribution is 2.39. The molecule has 1 aliphatic heterocycles. The van der Waals surface area contributed by atoms with Gasteiger partial charge in [-0.2, -0.15) is 0 Å². The number of aryl methyl sites for hydroxylation is 1. The Labute approximate surface area is 153 Å². The normalized spacial score (nSPS) is 17.0. The summed E-state index contributed by atoms with van der Waals surface area (Å²) in [6, 6.07) is 6.61. The van der Waals surface area contributed by atoms with E-state index in [9.17, 15) is 0 Å². The Kier molecular flexibility index (Phi) is 8.35. The molecule has 1 N–H and O–H groups in total. The first-order valence-electron chi connectivity index (χ1n) is 9.81. The van der Waals surface area contributed by atoms with Crippen molar-refractivity contribution in [2.24, 2.45) is 5.92 Å². The van der Waals surface area contributed by atoms with Crippen molar-refractivity contribution in [2.45, 2.75) is 71.1 Å². The molecule has 24 heavy (non-hydrogen) atoms. The Morgan fingerprint density at radius 1 is 1.25 bits per heavy atom. The van der Waals surface area contributed by atoms with E-state index in [2.05, 4.69) is 43.9 Å². The Morgan fingerprint density at radius 3 is 2.67 bits per heavy atom. The maximum Gasteiger partial charge on any atom is 0.0408 e. The summed E-state index contributed by atoms with van der Waals surface area (Å²) in [5.74, 6) is 1.37. The molecule has 0 saturated carbocycles. The number of halogens is 1. The van der Waals surface area contributed by atoms with Crippen LogP contribution in [0.1, 0.15) is 75.8 Å². The van der Waals surface area contributed by atoms with Gasteiger partial charge in [-0.15, -0.1) is 0 Å². The molecule has 0 aromatic heterocycles. The van der Waals surface area contributed by atoms with E-state index in [1.165, 1.54) is 48.8 Å². The molecular formula is C22H34ClN. The second-order valence-electron chi connectivity index (χ2n) is 7.30. The fourth-order valence-corrected chi connectivity index (χ4v) is 4.15. The van der Waals surface area contributed by atoms with Crippen LogP contribution in [0.5, 0.6) is 0 Å². The molecule has 2 rings (SSSR count). The second-order valence-corrected chi connectivity index (χ2v) is 7.74. The smallest absolute Gasteiger partial charge is 0.0408 e. The zero-order chi connectivity index (χ0) is 17.4. The van der Waals surface area contributed by atoms with E-state index in [0.717, 1.165) is 43.3 Å². The van der Waals surface area contributed by atoms with Crippen molar-refractivity contribution in [3.63, 3.8) is 0 Å². The lowest BCUT2D eigenvalue weighted by Gasteiger charge is -2.33. The summed E-state index contributed by atoms with van der Waals surface area (Å²) in [7, 11) is 0. The molecule has 0 spiro atoms. The first-order valence-corrected chi connectivity index (χ1v) is 10.2. The largest absolute Gasteiger partial charge is 0.317 e. The number of allylic oxidation sites excluding steroid dienone is 1. The maximum atomic E-state index is 6.33. The predicted molar refractivity (Wildman–Crippen MR) is 107 cm³/mol. The standard InChI is InChI=1S/C22H34ClN/c1-4-6-7-8-19-16-20(23)9-10-21(19)22(15-17(3)5-2)18-11-13-24-14-12-18/h9-10,16,18,22,24H,3-8,11-15H2,1-2H3. The van der Waals surface area contributed by atoms with Gasteiger partial charge in [0, 0.05) is 5.02 Å². The Bertz CT molecular complexity index is 517. The minimum Gasteiger partial charge on any atom is -0.317 e. The van der Waals surface area contributed by atoms with Gasteiger partial charge in [0.1, 0.15) is 0 Å². The third-order valence-corrected chi connectivity index (χ3v) is 5.75. The summed E-state index contributed by atoms with van der Waals surface area (Å²) in [5, 5.41) is 4.39. The average Bonchev–Trinajstić information content (AvgIpc) is 2.61. The summed E-state index contributed by atoms with van der Waals surface area (Å²) in [4.78, 5) is 0. The molecule has 2 heteroatoms. The Balaban J connectivity index is 2.27. The number of rotatable bonds is 9. The van der Waals surface area contributed by atoms with Crippen molar-refractivity contribution in [3.05, 3.63) is 46.5 Å². The molecule has 1 unspecified atom stereocenters. The van der Waals surface area contributed by atoms with E-state index in [0.29, 0.717) is 5.92 Å². The van der Waals surface area contributed by atoms with Crippen molar-refractivity contribution in [1.29, 1.82) is 0 Å². The molecule has 1 saturated heterocycles. The van der Waals surface area contributed by atoms with Gasteiger partial charge in [-0.3, -0.25) is 0 Å². The molecule has 1 aromatic rings. The van der Waals surface area contributed by atoms with E-state index < -0.39 is 0 Å². The lowest BCUT2D eigenvalue weighted by molar-refractivity contribution is 0.314. The zero-order valence-corrected chi connectivity index (χ0v) is 16.3. The van der Waals surface area contributed by atoms with Crippen LogP contribution >= 0.6 is 11.6 Å². The summed E-state index contributed by atoms with van der Waals surface area (Å²) in [6.45, 7) is 11.1. The monoisotopic (exact) mass is 347 g/mol. The van der Waals surface area contributed by atoms with E-state index in [-0.39, 0.29) is 0 Å². The molecular weight excluding hydrogens is 314 g/mol. The van der Waals surface area contributed by atoms with Gasteiger partial charge >= 0.3 is 0 Å². The lowest BCUT2D eigenvalue weighted by Crippen LogP contribution is -2.31. The maximum absolute atomic E-state index is 6.33. The number of piperidine rings is 1. The summed E-state index contributed by atoms with van der Waals surface area (Å²) < 4.78 is 0. The first-order chi connectivity index (χ1) is 11.7. The molecule has 0 radical (unpaired) electrons. The molecule has 1 nitrogen and oxygen atoms in total. The predicted octanol–water partition coefficient (Wildman–Crippen LogP) is 6.51. The lowest BCUT2D eigenvalue weighted by atomic mass is 9.75. The summed E-state index contributed by atoms with van der Waals surface area (Å²) >= 11 is 6.33. The van der Waals surface area contributed by atoms with Gasteiger partial charge in [0.15, 0.2) is 0 Å². The Hall–Kier alpha value is -0.790. The summed E-state index contributed by atoms with van der Waals surface area (Å²) in [6.07, 6.45) is 9.74. The second kappa shape index (κ2) is 10.3. The molecule has 0 aliphatic carbocycles. The minimum atomic E-state index is 0.605. The van der Waals surface area contributed by atoms with E-state index in [1.54, 1.807) is 0 Å². The molecule has 134 valence electrons. The molecule has 0 bridgehead atoms. The van der Waals surface area contributed by atoms with Gasteiger partial charge < -0.3 is 5.32 Å². The van der Waals surface area contributed by atoms with Crippen LogP contribution in [0, 0.1) is 5.92 Å². The van der Waals surface area contributed by atoms with E-state index >= 15 is 0 Å². The van der Waals surface area contributed by atoms with Gasteiger partial charge in [-0.05, 0) is 86.7 Å². The van der Waals surface area contributed by atoms with Crippen molar-refractivity contribution in [3.8, 4) is 0 Å². The third kappa shape index (κ3) is 5.63. The molecule has 0 amide bonds. The molecule has 1 fully saturated rings. The fraction of sp³-hybridized carbons (Fsp3) is 0.636. The number of nitrogens with one attached hydrogen (secondary N) is 1. The van der Waals surface area contributed by atoms with Gasteiger partial charge in [0.25, 0.3) is 0 Å². The van der Waals surface area contributed by atoms with Gasteiger partial charge in [0.2, 0.25) is 0 Å². The zero-order valence-electron chi connectivity index (χ0n) is 15.5. The molecule has 1 aromatic carbocycles. The average molecular weight is 348 g/mol. The Morgan fingerprint density at radius 2 is 2.00 bits per heavy atom. The number of hydrogen-bond donors (Lipinski definition) is 1. The van der Waals surface area contributed by atoms with Gasteiger partial charge in [0.05, 0.1) is 0 Å². The van der Waals surface area contributed by atoms with Crippen LogP contribution in [-0.2, 0) is 6.42 Å². The van der Waals surface area contributed by atoms with Gasteiger partial charge in [-0.25, -0.2) is 0 Å². The van der Waals surface area contributed by atoms with Crippen LogP contribution in [0.4, 0.5) is 0 Å². The minimum absolute atomic E-state index is 0.605. The van der Waals surface area contributed by atoms with Crippen molar-refractivity contribution in [2.75, 3.05) is 13.1 Å². The number of hydrogen-bond acceptors (Lipinski definition) is 1. The van der Waals surface area contributed by atoms with E-state index in [1.807, 2.05) is 0 Å². The van der Waals surface area contributed by atoms with E-state index in [4.69, 9.17) is 11.6 Å². The van der Waals surface area contributed by atoms with Crippen molar-refractivity contribution >= 4 is 11.6 Å². The van der Waals surface area contributed by atoms with Crippen LogP contribution in [0.15, 0.2) is 30.4 Å². The van der Waals surface area contributed by atoms with Crippen LogP contribution in [0.3, 0.4) is 0 Å². The van der Waals surface area contributed by atoms with Crippen molar-refractivity contribution in [1.82, 2.24) is 5.32 Å². The third-order valence-electron chi connectivity index (χ3n) is 5.52.